The predicted octanol–water partition coefficient (Wildman–Crippen LogP) is 0.753. The van der Waals surface area contributed by atoms with Crippen molar-refractivity contribution < 1.29 is 9.32 Å². The summed E-state index contributed by atoms with van der Waals surface area (Å²) in [6.45, 7) is 3.51. The van der Waals surface area contributed by atoms with Crippen molar-refractivity contribution in [1.82, 2.24) is 24.7 Å². The molecular weight excluding hydrogens is 308 g/mol. The van der Waals surface area contributed by atoms with Crippen LogP contribution < -0.4 is 10.9 Å². The number of hydrogen-bond donors (Lipinski definition) is 2. The van der Waals surface area contributed by atoms with E-state index in [1.165, 1.54) is 17.8 Å². The molecule has 0 aliphatic heterocycles. The minimum absolute atomic E-state index is 0.130. The van der Waals surface area contributed by atoms with E-state index >= 15 is 0 Å². The number of nitrogens with zero attached hydrogens (tertiary/aromatic N) is 4. The number of nitrogens with one attached hydrogen (secondary N) is 2. The molecule has 0 unspecified atom stereocenters. The van der Waals surface area contributed by atoms with Crippen molar-refractivity contribution in [3.05, 3.63) is 33.9 Å². The van der Waals surface area contributed by atoms with Gasteiger partial charge in [-0.2, -0.15) is 0 Å². The number of hydrogen-bond acceptors (Lipinski definition) is 7. The summed E-state index contributed by atoms with van der Waals surface area (Å²) < 4.78 is 6.55. The molecule has 0 spiro atoms. The van der Waals surface area contributed by atoms with Gasteiger partial charge in [-0.25, -0.2) is 0 Å². The highest BCUT2D eigenvalue weighted by atomic mass is 32.2. The molecule has 114 valence electrons. The Balaban J connectivity index is 1.71. The lowest BCUT2D eigenvalue weighted by Crippen LogP contribution is -2.15. The van der Waals surface area contributed by atoms with E-state index in [1.54, 1.807) is 24.3 Å². The van der Waals surface area contributed by atoms with E-state index < -0.39 is 0 Å². The molecule has 0 radical (unpaired) electrons. The summed E-state index contributed by atoms with van der Waals surface area (Å²) in [5.74, 6) is 1.23. The number of anilines is 1. The zero-order valence-electron chi connectivity index (χ0n) is 11.8. The van der Waals surface area contributed by atoms with Crippen LogP contribution >= 0.6 is 11.8 Å². The van der Waals surface area contributed by atoms with Gasteiger partial charge in [0.15, 0.2) is 11.0 Å². The number of carbonyl (C=O) groups is 1. The number of aryl methyl sites for hydroxylation is 2. The number of H-pyrrole nitrogens is 1. The Labute approximate surface area is 128 Å². The molecule has 0 aliphatic rings. The normalized spacial score (nSPS) is 11.0. The van der Waals surface area contributed by atoms with Gasteiger partial charge in [-0.05, 0) is 13.8 Å². The lowest BCUT2D eigenvalue weighted by Gasteiger charge is -2.02. The molecule has 10 heteroatoms. The second-order valence-corrected chi connectivity index (χ2v) is 5.52. The average Bonchev–Trinajstić information content (AvgIpc) is 3.03. The Morgan fingerprint density at radius 3 is 2.95 bits per heavy atom. The average molecular weight is 320 g/mol. The smallest absolute Gasteiger partial charge is 0.252 e. The number of rotatable bonds is 4. The third kappa shape index (κ3) is 2.86. The quantitative estimate of drug-likeness (QED) is 0.681. The molecule has 0 atom stereocenters. The molecule has 3 rings (SSSR count). The van der Waals surface area contributed by atoms with Crippen LogP contribution in [0.25, 0.3) is 5.78 Å². The minimum Gasteiger partial charge on any atom is -0.360 e. The van der Waals surface area contributed by atoms with Crippen LogP contribution in [0.4, 0.5) is 5.82 Å². The van der Waals surface area contributed by atoms with Crippen LogP contribution in [0.5, 0.6) is 0 Å². The van der Waals surface area contributed by atoms with Crippen molar-refractivity contribution >= 4 is 29.3 Å². The Bertz CT molecular complexity index is 896. The largest absolute Gasteiger partial charge is 0.360 e. The van der Waals surface area contributed by atoms with E-state index in [-0.39, 0.29) is 17.2 Å². The summed E-state index contributed by atoms with van der Waals surface area (Å²) in [7, 11) is 0. The zero-order chi connectivity index (χ0) is 15.7. The topological polar surface area (TPSA) is 118 Å². The van der Waals surface area contributed by atoms with Crippen LogP contribution in [0.2, 0.25) is 0 Å². The lowest BCUT2D eigenvalue weighted by molar-refractivity contribution is -0.113. The van der Waals surface area contributed by atoms with Gasteiger partial charge < -0.3 is 9.84 Å². The Morgan fingerprint density at radius 1 is 1.41 bits per heavy atom. The first-order valence-electron chi connectivity index (χ1n) is 6.34. The van der Waals surface area contributed by atoms with E-state index in [2.05, 4.69) is 25.7 Å². The van der Waals surface area contributed by atoms with Gasteiger partial charge in [-0.15, -0.1) is 10.2 Å². The van der Waals surface area contributed by atoms with Crippen LogP contribution in [-0.2, 0) is 4.79 Å². The summed E-state index contributed by atoms with van der Waals surface area (Å²) in [5.41, 5.74) is 0.451. The Hall–Kier alpha value is -2.62. The van der Waals surface area contributed by atoms with Crippen molar-refractivity contribution in [3.63, 3.8) is 0 Å². The van der Waals surface area contributed by atoms with Crippen LogP contribution in [0.15, 0.2) is 26.6 Å². The van der Waals surface area contributed by atoms with Gasteiger partial charge in [0.25, 0.3) is 5.56 Å². The molecule has 0 aromatic carbocycles. The first-order chi connectivity index (χ1) is 10.5. The first-order valence-corrected chi connectivity index (χ1v) is 7.32. The van der Waals surface area contributed by atoms with E-state index in [4.69, 9.17) is 4.52 Å². The van der Waals surface area contributed by atoms with Gasteiger partial charge in [0.05, 0.1) is 5.75 Å². The van der Waals surface area contributed by atoms with E-state index in [0.717, 1.165) is 0 Å². The molecule has 9 nitrogen and oxygen atoms in total. The highest BCUT2D eigenvalue weighted by Gasteiger charge is 2.12. The molecule has 3 heterocycles. The monoisotopic (exact) mass is 320 g/mol. The highest BCUT2D eigenvalue weighted by molar-refractivity contribution is 7.99. The summed E-state index contributed by atoms with van der Waals surface area (Å²) in [6, 6.07) is 3.07. The van der Waals surface area contributed by atoms with Gasteiger partial charge in [0, 0.05) is 17.8 Å². The molecule has 3 aromatic rings. The molecule has 0 saturated heterocycles. The molecule has 3 aromatic heterocycles. The number of thioether (sulfide) groups is 1. The number of carbonyl (C=O) groups excluding carboxylic acids is 1. The Morgan fingerprint density at radius 2 is 2.23 bits per heavy atom. The van der Waals surface area contributed by atoms with Gasteiger partial charge in [-0.1, -0.05) is 16.9 Å². The van der Waals surface area contributed by atoms with Crippen LogP contribution in [0, 0.1) is 13.8 Å². The Kier molecular flexibility index (Phi) is 3.67. The molecule has 2 N–H and O–H groups in total. The van der Waals surface area contributed by atoms with Crippen LogP contribution in [0.1, 0.15) is 11.5 Å². The number of amides is 1. The fourth-order valence-electron chi connectivity index (χ4n) is 1.90. The summed E-state index contributed by atoms with van der Waals surface area (Å²) in [6.07, 6.45) is 0. The summed E-state index contributed by atoms with van der Waals surface area (Å²) in [4.78, 5) is 25.8. The van der Waals surface area contributed by atoms with Crippen LogP contribution in [-0.4, -0.2) is 36.4 Å². The molecule has 22 heavy (non-hydrogen) atoms. The molecule has 0 bridgehead atoms. The third-order valence-electron chi connectivity index (χ3n) is 2.79. The predicted molar refractivity (Wildman–Crippen MR) is 78.9 cm³/mol. The maximum absolute atomic E-state index is 11.9. The molecule has 1 amide bonds. The fourth-order valence-corrected chi connectivity index (χ4v) is 2.69. The van der Waals surface area contributed by atoms with Crippen molar-refractivity contribution in [2.45, 2.75) is 19.0 Å². The number of aromatic nitrogens is 5. The van der Waals surface area contributed by atoms with Crippen LogP contribution in [0.3, 0.4) is 0 Å². The summed E-state index contributed by atoms with van der Waals surface area (Å²) >= 11 is 1.21. The maximum atomic E-state index is 11.9. The molecule has 0 aliphatic carbocycles. The van der Waals surface area contributed by atoms with Crippen molar-refractivity contribution in [2.75, 3.05) is 11.1 Å². The van der Waals surface area contributed by atoms with Gasteiger partial charge in [-0.3, -0.25) is 19.0 Å². The number of fused-ring (bicyclic) bond motifs is 1. The first kappa shape index (κ1) is 14.3. The fraction of sp³-hybridized carbons (Fsp3) is 0.250. The van der Waals surface area contributed by atoms with E-state index in [1.807, 2.05) is 0 Å². The maximum Gasteiger partial charge on any atom is 0.252 e. The molecule has 0 saturated carbocycles. The zero-order valence-corrected chi connectivity index (χ0v) is 12.6. The van der Waals surface area contributed by atoms with E-state index in [0.29, 0.717) is 28.2 Å². The second-order valence-electron chi connectivity index (χ2n) is 4.58. The second kappa shape index (κ2) is 5.64. The van der Waals surface area contributed by atoms with E-state index in [9.17, 15) is 9.59 Å². The molecule has 0 fully saturated rings. The van der Waals surface area contributed by atoms with Crippen molar-refractivity contribution in [1.29, 1.82) is 0 Å². The van der Waals surface area contributed by atoms with Gasteiger partial charge in [0.2, 0.25) is 11.7 Å². The minimum atomic E-state index is -0.243. The highest BCUT2D eigenvalue weighted by Crippen LogP contribution is 2.17. The van der Waals surface area contributed by atoms with Gasteiger partial charge in [0.1, 0.15) is 5.76 Å². The van der Waals surface area contributed by atoms with Crippen molar-refractivity contribution in [3.8, 4) is 0 Å². The standard InChI is InChI=1S/C12H12N6O3S/c1-6-3-9(19)14-11-15-16-12(18(6)11)22-5-10(20)13-8-4-7(2)21-17-8/h3-4H,5H2,1-2H3,(H,13,17,20)(H,14,15,19). The number of aromatic amines is 1. The lowest BCUT2D eigenvalue weighted by atomic mass is 10.4. The van der Waals surface area contributed by atoms with Gasteiger partial charge >= 0.3 is 0 Å². The van der Waals surface area contributed by atoms with Crippen molar-refractivity contribution in [2.24, 2.45) is 0 Å². The summed E-state index contributed by atoms with van der Waals surface area (Å²) in [5, 5.41) is 14.7. The SMILES string of the molecule is Cc1cc(NC(=O)CSc2nnc3[nH]c(=O)cc(C)n23)no1. The third-order valence-corrected chi connectivity index (χ3v) is 3.72. The molecular formula is C12H12N6O3S.